The van der Waals surface area contributed by atoms with Crippen molar-refractivity contribution >= 4 is 22.7 Å². The maximum Gasteiger partial charge on any atom is 0.0832 e. The van der Waals surface area contributed by atoms with Gasteiger partial charge in [0.05, 0.1) is 22.3 Å². The summed E-state index contributed by atoms with van der Waals surface area (Å²) in [5.74, 6) is 0. The van der Waals surface area contributed by atoms with E-state index in [0.29, 0.717) is 0 Å². The smallest absolute Gasteiger partial charge is 0.0832 e. The van der Waals surface area contributed by atoms with Gasteiger partial charge in [-0.05, 0) is 40.1 Å². The summed E-state index contributed by atoms with van der Waals surface area (Å²) in [5, 5.41) is 9.29. The predicted molar refractivity (Wildman–Crippen MR) is 112 cm³/mol. The SMILES string of the molecule is CC(C)(C)c1ccc(C2CC(c3cccs3)=NN2c2ccccc2)cc1. The molecule has 4 rings (SSSR count). The van der Waals surface area contributed by atoms with E-state index < -0.39 is 0 Å². The monoisotopic (exact) mass is 360 g/mol. The summed E-state index contributed by atoms with van der Waals surface area (Å²) in [6.07, 6.45) is 0.935. The van der Waals surface area contributed by atoms with Gasteiger partial charge in [0.1, 0.15) is 0 Å². The van der Waals surface area contributed by atoms with Crippen molar-refractivity contribution in [1.82, 2.24) is 0 Å². The van der Waals surface area contributed by atoms with Crippen LogP contribution in [0.1, 0.15) is 49.2 Å². The molecular formula is C23H24N2S. The van der Waals surface area contributed by atoms with Gasteiger partial charge >= 0.3 is 0 Å². The molecule has 1 aliphatic heterocycles. The lowest BCUT2D eigenvalue weighted by atomic mass is 9.86. The Kier molecular flexibility index (Phi) is 4.41. The minimum Gasteiger partial charge on any atom is -0.257 e. The first-order valence-corrected chi connectivity index (χ1v) is 9.96. The molecule has 1 aliphatic rings. The first-order valence-electron chi connectivity index (χ1n) is 9.08. The average molecular weight is 361 g/mol. The largest absolute Gasteiger partial charge is 0.257 e. The lowest BCUT2D eigenvalue weighted by molar-refractivity contribution is 0.589. The summed E-state index contributed by atoms with van der Waals surface area (Å²) < 4.78 is 0. The number of hydrogen-bond acceptors (Lipinski definition) is 3. The van der Waals surface area contributed by atoms with Gasteiger partial charge in [0.15, 0.2) is 0 Å². The van der Waals surface area contributed by atoms with Gasteiger partial charge in [-0.1, -0.05) is 69.3 Å². The van der Waals surface area contributed by atoms with Crippen LogP contribution in [0.3, 0.4) is 0 Å². The molecule has 3 aromatic rings. The van der Waals surface area contributed by atoms with Gasteiger partial charge in [-0.25, -0.2) is 0 Å². The van der Waals surface area contributed by atoms with Crippen LogP contribution in [0.25, 0.3) is 0 Å². The van der Waals surface area contributed by atoms with Crippen molar-refractivity contribution in [3.8, 4) is 0 Å². The third-order valence-corrected chi connectivity index (χ3v) is 5.82. The van der Waals surface area contributed by atoms with Crippen molar-refractivity contribution in [2.75, 3.05) is 5.01 Å². The van der Waals surface area contributed by atoms with Crippen LogP contribution in [0.4, 0.5) is 5.69 Å². The quantitative estimate of drug-likeness (QED) is 0.527. The standard InChI is InChI=1S/C23H24N2S/c1-23(2,3)18-13-11-17(12-14-18)21-16-20(22-10-7-15-26-22)24-25(21)19-8-5-4-6-9-19/h4-15,21H,16H2,1-3H3. The molecule has 1 unspecified atom stereocenters. The van der Waals surface area contributed by atoms with Crippen LogP contribution in [-0.4, -0.2) is 5.71 Å². The molecule has 0 N–H and O–H groups in total. The molecule has 2 aromatic carbocycles. The topological polar surface area (TPSA) is 15.6 Å². The van der Waals surface area contributed by atoms with Crippen molar-refractivity contribution in [3.63, 3.8) is 0 Å². The molecule has 0 amide bonds. The lowest BCUT2D eigenvalue weighted by Crippen LogP contribution is -2.19. The van der Waals surface area contributed by atoms with Gasteiger partial charge in [0.2, 0.25) is 0 Å². The fraction of sp³-hybridized carbons (Fsp3) is 0.261. The summed E-state index contributed by atoms with van der Waals surface area (Å²) in [5.41, 5.74) is 5.17. The van der Waals surface area contributed by atoms with E-state index in [2.05, 4.69) is 97.9 Å². The van der Waals surface area contributed by atoms with Crippen LogP contribution < -0.4 is 5.01 Å². The fourth-order valence-electron chi connectivity index (χ4n) is 3.39. The molecule has 0 saturated carbocycles. The number of thiophene rings is 1. The van der Waals surface area contributed by atoms with Crippen LogP contribution >= 0.6 is 11.3 Å². The number of nitrogens with zero attached hydrogens (tertiary/aromatic N) is 2. The normalized spacial score (nSPS) is 17.4. The summed E-state index contributed by atoms with van der Waals surface area (Å²) in [7, 11) is 0. The maximum absolute atomic E-state index is 4.99. The second-order valence-corrected chi connectivity index (χ2v) is 8.74. The van der Waals surface area contributed by atoms with Gasteiger partial charge in [-0.15, -0.1) is 11.3 Å². The highest BCUT2D eigenvalue weighted by Crippen LogP contribution is 2.37. The molecule has 0 aliphatic carbocycles. The number of para-hydroxylation sites is 1. The predicted octanol–water partition coefficient (Wildman–Crippen LogP) is 6.40. The van der Waals surface area contributed by atoms with Crippen LogP contribution in [0.2, 0.25) is 0 Å². The Bertz CT molecular complexity index is 888. The molecule has 26 heavy (non-hydrogen) atoms. The summed E-state index contributed by atoms with van der Waals surface area (Å²) in [4.78, 5) is 1.26. The average Bonchev–Trinajstić information content (AvgIpc) is 3.31. The van der Waals surface area contributed by atoms with E-state index in [0.717, 1.165) is 12.1 Å². The van der Waals surface area contributed by atoms with E-state index >= 15 is 0 Å². The van der Waals surface area contributed by atoms with Gasteiger partial charge < -0.3 is 0 Å². The van der Waals surface area contributed by atoms with Crippen molar-refractivity contribution in [2.45, 2.75) is 38.6 Å². The molecule has 132 valence electrons. The van der Waals surface area contributed by atoms with E-state index in [1.165, 1.54) is 21.7 Å². The third-order valence-electron chi connectivity index (χ3n) is 4.90. The molecular weight excluding hydrogens is 336 g/mol. The Hall–Kier alpha value is -2.39. The maximum atomic E-state index is 4.99. The Morgan fingerprint density at radius 3 is 2.27 bits per heavy atom. The van der Waals surface area contributed by atoms with E-state index in [1.54, 1.807) is 11.3 Å². The number of benzene rings is 2. The zero-order valence-electron chi connectivity index (χ0n) is 15.5. The highest BCUT2D eigenvalue weighted by Gasteiger charge is 2.30. The molecule has 1 aromatic heterocycles. The van der Waals surface area contributed by atoms with Crippen LogP contribution in [-0.2, 0) is 5.41 Å². The molecule has 0 bridgehead atoms. The Labute approximate surface area is 159 Å². The zero-order valence-corrected chi connectivity index (χ0v) is 16.3. The van der Waals surface area contributed by atoms with Crippen molar-refractivity contribution in [2.24, 2.45) is 5.10 Å². The van der Waals surface area contributed by atoms with E-state index in [9.17, 15) is 0 Å². The number of hydrogen-bond donors (Lipinski definition) is 0. The van der Waals surface area contributed by atoms with Crippen LogP contribution in [0.15, 0.2) is 77.2 Å². The molecule has 2 heterocycles. The van der Waals surface area contributed by atoms with Crippen LogP contribution in [0.5, 0.6) is 0 Å². The first-order chi connectivity index (χ1) is 12.5. The fourth-order valence-corrected chi connectivity index (χ4v) is 4.11. The first kappa shape index (κ1) is 17.0. The Morgan fingerprint density at radius 2 is 1.65 bits per heavy atom. The Morgan fingerprint density at radius 1 is 0.923 bits per heavy atom. The molecule has 2 nitrogen and oxygen atoms in total. The van der Waals surface area contributed by atoms with Gasteiger partial charge in [0.25, 0.3) is 0 Å². The molecule has 0 saturated heterocycles. The zero-order chi connectivity index (χ0) is 18.1. The van der Waals surface area contributed by atoms with Crippen molar-refractivity contribution < 1.29 is 0 Å². The summed E-state index contributed by atoms with van der Waals surface area (Å²) >= 11 is 1.76. The van der Waals surface area contributed by atoms with Gasteiger partial charge in [-0.3, -0.25) is 5.01 Å². The van der Waals surface area contributed by atoms with Gasteiger partial charge in [0, 0.05) is 6.42 Å². The minimum absolute atomic E-state index is 0.173. The van der Waals surface area contributed by atoms with Crippen LogP contribution in [0, 0.1) is 0 Å². The number of hydrazone groups is 1. The molecule has 1 atom stereocenters. The molecule has 0 radical (unpaired) electrons. The lowest BCUT2D eigenvalue weighted by Gasteiger charge is -2.25. The molecule has 0 spiro atoms. The van der Waals surface area contributed by atoms with E-state index in [1.807, 2.05) is 0 Å². The number of rotatable bonds is 3. The van der Waals surface area contributed by atoms with Crippen molar-refractivity contribution in [3.05, 3.63) is 88.1 Å². The summed E-state index contributed by atoms with van der Waals surface area (Å²) in [6.45, 7) is 6.77. The van der Waals surface area contributed by atoms with Gasteiger partial charge in [-0.2, -0.15) is 5.10 Å². The highest BCUT2D eigenvalue weighted by molar-refractivity contribution is 7.12. The van der Waals surface area contributed by atoms with E-state index in [4.69, 9.17) is 5.10 Å². The third kappa shape index (κ3) is 3.32. The van der Waals surface area contributed by atoms with Crippen molar-refractivity contribution in [1.29, 1.82) is 0 Å². The molecule has 3 heteroatoms. The Balaban J connectivity index is 1.70. The van der Waals surface area contributed by atoms with E-state index in [-0.39, 0.29) is 11.5 Å². The minimum atomic E-state index is 0.173. The highest BCUT2D eigenvalue weighted by atomic mass is 32.1. The molecule has 0 fully saturated rings. The summed E-state index contributed by atoms with van der Waals surface area (Å²) in [6, 6.07) is 24.1. The second kappa shape index (κ2) is 6.73. The number of anilines is 1. The second-order valence-electron chi connectivity index (χ2n) is 7.80.